The molecule has 0 aromatic heterocycles. The van der Waals surface area contributed by atoms with Crippen LogP contribution in [0.5, 0.6) is 0 Å². The van der Waals surface area contributed by atoms with Crippen LogP contribution in [0.25, 0.3) is 0 Å². The zero-order chi connectivity index (χ0) is 11.6. The summed E-state index contributed by atoms with van der Waals surface area (Å²) in [4.78, 5) is 0. The molecule has 0 saturated carbocycles. The highest BCUT2D eigenvalue weighted by Crippen LogP contribution is 2.36. The predicted octanol–water partition coefficient (Wildman–Crippen LogP) is 3.45. The first-order chi connectivity index (χ1) is 6.97. The molecule has 1 aliphatic rings. The summed E-state index contributed by atoms with van der Waals surface area (Å²) >= 11 is 0. The largest absolute Gasteiger partial charge is 0.350 e. The van der Waals surface area contributed by atoms with Crippen LogP contribution in [0.4, 0.5) is 0 Å². The van der Waals surface area contributed by atoms with E-state index in [2.05, 4.69) is 41.5 Å². The van der Waals surface area contributed by atoms with Crippen molar-refractivity contribution in [1.82, 2.24) is 0 Å². The second-order valence-corrected chi connectivity index (χ2v) is 5.21. The maximum Gasteiger partial charge on any atom is 0.161 e. The molecule has 0 bridgehead atoms. The molecule has 2 unspecified atom stereocenters. The van der Waals surface area contributed by atoms with E-state index in [1.54, 1.807) is 0 Å². The van der Waals surface area contributed by atoms with Crippen LogP contribution in [-0.2, 0) is 9.47 Å². The third kappa shape index (κ3) is 2.94. The molecule has 2 nitrogen and oxygen atoms in total. The molecule has 0 spiro atoms. The third-order valence-corrected chi connectivity index (χ3v) is 3.79. The van der Waals surface area contributed by atoms with Gasteiger partial charge in [-0.15, -0.1) is 0 Å². The van der Waals surface area contributed by atoms with Gasteiger partial charge in [0.2, 0.25) is 0 Å². The Morgan fingerprint density at radius 1 is 1.07 bits per heavy atom. The van der Waals surface area contributed by atoms with Gasteiger partial charge in [0.25, 0.3) is 0 Å². The molecule has 1 fully saturated rings. The van der Waals surface area contributed by atoms with Crippen LogP contribution >= 0.6 is 0 Å². The van der Waals surface area contributed by atoms with Gasteiger partial charge in [0, 0.05) is 5.92 Å². The summed E-state index contributed by atoms with van der Waals surface area (Å²) in [6, 6.07) is 0. The quantitative estimate of drug-likeness (QED) is 0.716. The topological polar surface area (TPSA) is 18.5 Å². The first-order valence-electron chi connectivity index (χ1n) is 6.28. The van der Waals surface area contributed by atoms with Crippen molar-refractivity contribution in [3.05, 3.63) is 0 Å². The minimum absolute atomic E-state index is 0.0128. The standard InChI is InChI=1S/C13H26O2/c1-7-12-10(5)9(4)11(6)13(15-12)14-8(2)3/h8-13H,7H2,1-6H3/t9-,10?,11-,12+,13?/m0/s1. The summed E-state index contributed by atoms with van der Waals surface area (Å²) in [6.45, 7) is 13.2. The first-order valence-corrected chi connectivity index (χ1v) is 6.28. The zero-order valence-corrected chi connectivity index (χ0v) is 11.0. The van der Waals surface area contributed by atoms with Gasteiger partial charge in [-0.1, -0.05) is 27.7 Å². The normalized spacial score (nSPS) is 42.2. The fourth-order valence-corrected chi connectivity index (χ4v) is 2.38. The van der Waals surface area contributed by atoms with E-state index < -0.39 is 0 Å². The Bertz CT molecular complexity index is 189. The molecule has 5 atom stereocenters. The van der Waals surface area contributed by atoms with Crippen LogP contribution in [0, 0.1) is 17.8 Å². The van der Waals surface area contributed by atoms with Crippen molar-refractivity contribution in [3.63, 3.8) is 0 Å². The van der Waals surface area contributed by atoms with Crippen molar-refractivity contribution in [2.24, 2.45) is 17.8 Å². The van der Waals surface area contributed by atoms with E-state index >= 15 is 0 Å². The molecular formula is C13H26O2. The zero-order valence-electron chi connectivity index (χ0n) is 11.0. The summed E-state index contributed by atoms with van der Waals surface area (Å²) in [7, 11) is 0. The average molecular weight is 214 g/mol. The van der Waals surface area contributed by atoms with E-state index in [-0.39, 0.29) is 12.4 Å². The molecule has 2 heteroatoms. The van der Waals surface area contributed by atoms with Gasteiger partial charge >= 0.3 is 0 Å². The van der Waals surface area contributed by atoms with Crippen LogP contribution in [0.1, 0.15) is 48.0 Å². The Kier molecular flexibility index (Phi) is 4.60. The van der Waals surface area contributed by atoms with Gasteiger partial charge < -0.3 is 9.47 Å². The molecule has 15 heavy (non-hydrogen) atoms. The van der Waals surface area contributed by atoms with Crippen molar-refractivity contribution in [3.8, 4) is 0 Å². The molecule has 0 N–H and O–H groups in total. The summed E-state index contributed by atoms with van der Waals surface area (Å²) in [5, 5.41) is 0. The lowest BCUT2D eigenvalue weighted by molar-refractivity contribution is -0.259. The number of hydrogen-bond donors (Lipinski definition) is 0. The average Bonchev–Trinajstić information content (AvgIpc) is 2.18. The predicted molar refractivity (Wildman–Crippen MR) is 62.7 cm³/mol. The Morgan fingerprint density at radius 3 is 2.13 bits per heavy atom. The highest BCUT2D eigenvalue weighted by atomic mass is 16.7. The Morgan fingerprint density at radius 2 is 1.67 bits per heavy atom. The van der Waals surface area contributed by atoms with Crippen molar-refractivity contribution in [2.75, 3.05) is 0 Å². The van der Waals surface area contributed by atoms with Crippen LogP contribution in [0.3, 0.4) is 0 Å². The summed E-state index contributed by atoms with van der Waals surface area (Å²) < 4.78 is 11.9. The van der Waals surface area contributed by atoms with E-state index in [0.717, 1.165) is 6.42 Å². The van der Waals surface area contributed by atoms with Gasteiger partial charge in [-0.3, -0.25) is 0 Å². The number of hydrogen-bond acceptors (Lipinski definition) is 2. The molecule has 0 aromatic rings. The van der Waals surface area contributed by atoms with E-state index in [0.29, 0.717) is 23.9 Å². The molecule has 0 radical (unpaired) electrons. The van der Waals surface area contributed by atoms with Crippen LogP contribution in [-0.4, -0.2) is 18.5 Å². The van der Waals surface area contributed by atoms with Gasteiger partial charge in [0.15, 0.2) is 6.29 Å². The molecule has 0 amide bonds. The Hall–Kier alpha value is -0.0800. The molecule has 1 heterocycles. The lowest BCUT2D eigenvalue weighted by Crippen LogP contribution is -2.46. The maximum atomic E-state index is 6.02. The Labute approximate surface area is 94.3 Å². The third-order valence-electron chi connectivity index (χ3n) is 3.79. The molecule has 90 valence electrons. The second kappa shape index (κ2) is 5.31. The SMILES string of the molecule is CC[C@H]1OC(OC(C)C)[C@@H](C)[C@@H](C)C1C. The lowest BCUT2D eigenvalue weighted by Gasteiger charge is -2.43. The van der Waals surface area contributed by atoms with Gasteiger partial charge in [0.1, 0.15) is 0 Å². The number of rotatable bonds is 3. The maximum absolute atomic E-state index is 6.02. The summed E-state index contributed by atoms with van der Waals surface area (Å²) in [6.07, 6.45) is 1.67. The molecule has 0 aromatic carbocycles. The monoisotopic (exact) mass is 214 g/mol. The van der Waals surface area contributed by atoms with Crippen LogP contribution in [0.15, 0.2) is 0 Å². The van der Waals surface area contributed by atoms with Crippen LogP contribution in [0.2, 0.25) is 0 Å². The molecule has 0 aliphatic carbocycles. The molecule has 1 saturated heterocycles. The van der Waals surface area contributed by atoms with E-state index in [9.17, 15) is 0 Å². The number of ether oxygens (including phenoxy) is 2. The molecule has 1 aliphatic heterocycles. The summed E-state index contributed by atoms with van der Waals surface area (Å²) in [5.41, 5.74) is 0. The van der Waals surface area contributed by atoms with Crippen LogP contribution < -0.4 is 0 Å². The highest BCUT2D eigenvalue weighted by Gasteiger charge is 2.38. The van der Waals surface area contributed by atoms with Gasteiger partial charge in [-0.25, -0.2) is 0 Å². The highest BCUT2D eigenvalue weighted by molar-refractivity contribution is 4.82. The Balaban J connectivity index is 2.65. The molecular weight excluding hydrogens is 188 g/mol. The van der Waals surface area contributed by atoms with Gasteiger partial charge in [-0.2, -0.15) is 0 Å². The van der Waals surface area contributed by atoms with Crippen molar-refractivity contribution >= 4 is 0 Å². The summed E-state index contributed by atoms with van der Waals surface area (Å²) in [5.74, 6) is 1.80. The lowest BCUT2D eigenvalue weighted by atomic mass is 9.78. The second-order valence-electron chi connectivity index (χ2n) is 5.21. The minimum atomic E-state index is -0.0128. The van der Waals surface area contributed by atoms with Crippen molar-refractivity contribution < 1.29 is 9.47 Å². The smallest absolute Gasteiger partial charge is 0.161 e. The van der Waals surface area contributed by atoms with E-state index in [1.807, 2.05) is 0 Å². The van der Waals surface area contributed by atoms with E-state index in [1.165, 1.54) is 0 Å². The fraction of sp³-hybridized carbons (Fsp3) is 1.00. The van der Waals surface area contributed by atoms with Crippen molar-refractivity contribution in [2.45, 2.75) is 66.5 Å². The van der Waals surface area contributed by atoms with Gasteiger partial charge in [0.05, 0.1) is 12.2 Å². The van der Waals surface area contributed by atoms with Gasteiger partial charge in [-0.05, 0) is 32.1 Å². The minimum Gasteiger partial charge on any atom is -0.350 e. The van der Waals surface area contributed by atoms with Crippen molar-refractivity contribution in [1.29, 1.82) is 0 Å². The first kappa shape index (κ1) is 13.0. The van der Waals surface area contributed by atoms with E-state index in [4.69, 9.17) is 9.47 Å². The molecule has 1 rings (SSSR count). The fourth-order valence-electron chi connectivity index (χ4n) is 2.38.